The zero-order chi connectivity index (χ0) is 11.4. The fraction of sp³-hybridized carbons (Fsp3) is 0.583. The van der Waals surface area contributed by atoms with Crippen LogP contribution in [0.4, 0.5) is 0 Å². The van der Waals surface area contributed by atoms with Crippen LogP contribution in [0.25, 0.3) is 0 Å². The zero-order valence-electron chi connectivity index (χ0n) is 9.36. The van der Waals surface area contributed by atoms with Crippen molar-refractivity contribution in [2.45, 2.75) is 32.0 Å². The lowest BCUT2D eigenvalue weighted by molar-refractivity contribution is -0.0636. The number of rotatable bonds is 3. The Labute approximate surface area is 101 Å². The van der Waals surface area contributed by atoms with E-state index >= 15 is 0 Å². The minimum Gasteiger partial charge on any atom is -0.381 e. The zero-order valence-corrected chi connectivity index (χ0v) is 10.1. The molecule has 0 bridgehead atoms. The van der Waals surface area contributed by atoms with Gasteiger partial charge in [-0.2, -0.15) is 0 Å². The number of nitrogens with zero attached hydrogens (tertiary/aromatic N) is 1. The van der Waals surface area contributed by atoms with E-state index in [2.05, 4.69) is 4.98 Å². The fourth-order valence-corrected chi connectivity index (χ4v) is 1.92. The summed E-state index contributed by atoms with van der Waals surface area (Å²) in [7, 11) is 0. The highest BCUT2D eigenvalue weighted by Crippen LogP contribution is 2.22. The lowest BCUT2D eigenvalue weighted by Crippen LogP contribution is -2.24. The molecule has 0 aromatic carbocycles. The highest BCUT2D eigenvalue weighted by molar-refractivity contribution is 6.29. The second kappa shape index (κ2) is 5.62. The Hall–Kier alpha value is -0.640. The Balaban J connectivity index is 1.91. The Bertz CT molecular complexity index is 322. The standard InChI is InChI=1S/C12H16ClNO2/c1-9(10-2-3-12(13)14-8-10)16-11-4-6-15-7-5-11/h2-3,8-9,11H,4-7H2,1H3. The number of hydrogen-bond acceptors (Lipinski definition) is 3. The molecule has 1 fully saturated rings. The average Bonchev–Trinajstić information content (AvgIpc) is 2.31. The number of pyridine rings is 1. The van der Waals surface area contributed by atoms with Crippen LogP contribution in [-0.2, 0) is 9.47 Å². The maximum atomic E-state index is 5.95. The lowest BCUT2D eigenvalue weighted by atomic mass is 10.1. The SMILES string of the molecule is CC(OC1CCOCC1)c1ccc(Cl)nc1. The molecule has 3 nitrogen and oxygen atoms in total. The molecule has 0 saturated carbocycles. The third-order valence-electron chi connectivity index (χ3n) is 2.78. The molecule has 0 N–H and O–H groups in total. The van der Waals surface area contributed by atoms with Crippen LogP contribution in [-0.4, -0.2) is 24.3 Å². The summed E-state index contributed by atoms with van der Waals surface area (Å²) >= 11 is 5.74. The van der Waals surface area contributed by atoms with Crippen molar-refractivity contribution in [1.29, 1.82) is 0 Å². The lowest BCUT2D eigenvalue weighted by Gasteiger charge is -2.25. The van der Waals surface area contributed by atoms with Gasteiger partial charge in [0.05, 0.1) is 12.2 Å². The molecular formula is C12H16ClNO2. The average molecular weight is 242 g/mol. The van der Waals surface area contributed by atoms with E-state index in [0.717, 1.165) is 31.6 Å². The molecule has 88 valence electrons. The van der Waals surface area contributed by atoms with Crippen molar-refractivity contribution in [2.24, 2.45) is 0 Å². The van der Waals surface area contributed by atoms with Gasteiger partial charge in [0.1, 0.15) is 5.15 Å². The fourth-order valence-electron chi connectivity index (χ4n) is 1.81. The number of ether oxygens (including phenoxy) is 2. The van der Waals surface area contributed by atoms with Gasteiger partial charge in [-0.15, -0.1) is 0 Å². The Morgan fingerprint density at radius 3 is 2.81 bits per heavy atom. The molecule has 1 aliphatic rings. The van der Waals surface area contributed by atoms with Crippen molar-refractivity contribution < 1.29 is 9.47 Å². The molecule has 1 aromatic rings. The van der Waals surface area contributed by atoms with Gasteiger partial charge in [0.25, 0.3) is 0 Å². The van der Waals surface area contributed by atoms with Crippen molar-refractivity contribution in [3.8, 4) is 0 Å². The Morgan fingerprint density at radius 1 is 1.44 bits per heavy atom. The first-order valence-electron chi connectivity index (χ1n) is 5.60. The minimum atomic E-state index is 0.0628. The first kappa shape index (κ1) is 11.8. The van der Waals surface area contributed by atoms with E-state index < -0.39 is 0 Å². The van der Waals surface area contributed by atoms with E-state index in [9.17, 15) is 0 Å². The van der Waals surface area contributed by atoms with E-state index in [0.29, 0.717) is 11.3 Å². The molecule has 4 heteroatoms. The van der Waals surface area contributed by atoms with Crippen LogP contribution in [0.5, 0.6) is 0 Å². The molecule has 0 amide bonds. The quantitative estimate of drug-likeness (QED) is 0.763. The summed E-state index contributed by atoms with van der Waals surface area (Å²) in [6.45, 7) is 3.65. The van der Waals surface area contributed by atoms with Gasteiger partial charge < -0.3 is 9.47 Å². The summed E-state index contributed by atoms with van der Waals surface area (Å²) in [5, 5.41) is 0.516. The molecule has 2 heterocycles. The molecule has 1 saturated heterocycles. The summed E-state index contributed by atoms with van der Waals surface area (Å²) in [5.41, 5.74) is 1.07. The van der Waals surface area contributed by atoms with Gasteiger partial charge in [0.2, 0.25) is 0 Å². The van der Waals surface area contributed by atoms with Crippen molar-refractivity contribution in [1.82, 2.24) is 4.98 Å². The topological polar surface area (TPSA) is 31.4 Å². The Morgan fingerprint density at radius 2 is 2.19 bits per heavy atom. The van der Waals surface area contributed by atoms with Gasteiger partial charge in [-0.05, 0) is 31.4 Å². The summed E-state index contributed by atoms with van der Waals surface area (Å²) in [6.07, 6.45) is 4.09. The first-order chi connectivity index (χ1) is 7.75. The van der Waals surface area contributed by atoms with Crippen molar-refractivity contribution in [3.05, 3.63) is 29.0 Å². The van der Waals surface area contributed by atoms with Gasteiger partial charge in [-0.1, -0.05) is 17.7 Å². The van der Waals surface area contributed by atoms with E-state index in [-0.39, 0.29) is 6.10 Å². The number of hydrogen-bond donors (Lipinski definition) is 0. The maximum Gasteiger partial charge on any atom is 0.129 e. The highest BCUT2D eigenvalue weighted by Gasteiger charge is 2.18. The van der Waals surface area contributed by atoms with Crippen LogP contribution in [0.1, 0.15) is 31.4 Å². The molecule has 1 unspecified atom stereocenters. The first-order valence-corrected chi connectivity index (χ1v) is 5.98. The van der Waals surface area contributed by atoms with Crippen molar-refractivity contribution in [2.75, 3.05) is 13.2 Å². The van der Waals surface area contributed by atoms with Gasteiger partial charge in [0, 0.05) is 19.4 Å². The molecule has 1 aliphatic heterocycles. The molecule has 1 atom stereocenters. The third-order valence-corrected chi connectivity index (χ3v) is 3.01. The smallest absolute Gasteiger partial charge is 0.129 e. The van der Waals surface area contributed by atoms with Gasteiger partial charge in [-0.3, -0.25) is 0 Å². The van der Waals surface area contributed by atoms with Gasteiger partial charge in [0.15, 0.2) is 0 Å². The molecule has 2 rings (SSSR count). The van der Waals surface area contributed by atoms with Crippen LogP contribution in [0.3, 0.4) is 0 Å². The second-order valence-electron chi connectivity index (χ2n) is 4.00. The second-order valence-corrected chi connectivity index (χ2v) is 4.39. The Kier molecular flexibility index (Phi) is 4.16. The highest BCUT2D eigenvalue weighted by atomic mass is 35.5. The molecule has 1 aromatic heterocycles. The van der Waals surface area contributed by atoms with Crippen LogP contribution in [0.15, 0.2) is 18.3 Å². The van der Waals surface area contributed by atoms with E-state index in [1.807, 2.05) is 13.0 Å². The van der Waals surface area contributed by atoms with Crippen molar-refractivity contribution in [3.63, 3.8) is 0 Å². The molecule has 0 radical (unpaired) electrons. The van der Waals surface area contributed by atoms with E-state index in [4.69, 9.17) is 21.1 Å². The summed E-state index contributed by atoms with van der Waals surface area (Å²) in [6, 6.07) is 3.75. The molecular weight excluding hydrogens is 226 g/mol. The predicted molar refractivity (Wildman–Crippen MR) is 62.6 cm³/mol. The monoisotopic (exact) mass is 241 g/mol. The predicted octanol–water partition coefficient (Wildman–Crippen LogP) is 2.99. The van der Waals surface area contributed by atoms with E-state index in [1.165, 1.54) is 0 Å². The summed E-state index contributed by atoms with van der Waals surface area (Å²) < 4.78 is 11.2. The normalized spacial score (nSPS) is 19.6. The maximum absolute atomic E-state index is 5.95. The van der Waals surface area contributed by atoms with Gasteiger partial charge >= 0.3 is 0 Å². The molecule has 0 spiro atoms. The van der Waals surface area contributed by atoms with E-state index in [1.54, 1.807) is 12.3 Å². The number of halogens is 1. The third kappa shape index (κ3) is 3.17. The van der Waals surface area contributed by atoms with Crippen LogP contribution in [0.2, 0.25) is 5.15 Å². The van der Waals surface area contributed by atoms with Crippen LogP contribution >= 0.6 is 11.6 Å². The van der Waals surface area contributed by atoms with Crippen LogP contribution in [0, 0.1) is 0 Å². The minimum absolute atomic E-state index is 0.0628. The van der Waals surface area contributed by atoms with Crippen molar-refractivity contribution >= 4 is 11.6 Å². The number of aromatic nitrogens is 1. The molecule has 16 heavy (non-hydrogen) atoms. The van der Waals surface area contributed by atoms with Gasteiger partial charge in [-0.25, -0.2) is 4.98 Å². The van der Waals surface area contributed by atoms with Crippen LogP contribution < -0.4 is 0 Å². The largest absolute Gasteiger partial charge is 0.381 e. The summed E-state index contributed by atoms with van der Waals surface area (Å²) in [5.74, 6) is 0. The molecule has 0 aliphatic carbocycles. The summed E-state index contributed by atoms with van der Waals surface area (Å²) in [4.78, 5) is 4.05.